The number of carbonyl (C=O) groups excluding carboxylic acids is 2. The number of hydrogen-bond acceptors (Lipinski definition) is 4. The van der Waals surface area contributed by atoms with Crippen LogP contribution in [0.25, 0.3) is 6.08 Å². The van der Waals surface area contributed by atoms with Crippen molar-refractivity contribution in [3.63, 3.8) is 0 Å². The number of halogens is 1. The minimum Gasteiger partial charge on any atom is -0.334 e. The van der Waals surface area contributed by atoms with E-state index in [1.54, 1.807) is 17.0 Å². The summed E-state index contributed by atoms with van der Waals surface area (Å²) in [5, 5.41) is 0.661. The quantitative estimate of drug-likeness (QED) is 0.207. The highest BCUT2D eigenvalue weighted by molar-refractivity contribution is 8.26. The first kappa shape index (κ1) is 26.5. The Hall–Kier alpha value is -2.15. The number of amides is 2. The zero-order chi connectivity index (χ0) is 24.7. The Morgan fingerprint density at radius 3 is 2.38 bits per heavy atom. The van der Waals surface area contributed by atoms with E-state index in [1.165, 1.54) is 11.8 Å². The van der Waals surface area contributed by atoms with E-state index in [1.807, 2.05) is 41.3 Å². The Labute approximate surface area is 217 Å². The van der Waals surface area contributed by atoms with Gasteiger partial charge in [0.1, 0.15) is 4.32 Å². The molecule has 0 unspecified atom stereocenters. The van der Waals surface area contributed by atoms with Crippen LogP contribution in [0.5, 0.6) is 0 Å². The van der Waals surface area contributed by atoms with Crippen molar-refractivity contribution >= 4 is 57.8 Å². The largest absolute Gasteiger partial charge is 0.334 e. The first-order valence-corrected chi connectivity index (χ1v) is 13.1. The molecule has 1 saturated heterocycles. The van der Waals surface area contributed by atoms with E-state index in [4.69, 9.17) is 23.8 Å². The van der Waals surface area contributed by atoms with Crippen LogP contribution in [0.4, 0.5) is 0 Å². The average Bonchev–Trinajstić information content (AvgIpc) is 3.05. The molecule has 0 atom stereocenters. The van der Waals surface area contributed by atoms with E-state index in [2.05, 4.69) is 32.9 Å². The molecule has 34 heavy (non-hydrogen) atoms. The molecule has 4 nitrogen and oxygen atoms in total. The van der Waals surface area contributed by atoms with Gasteiger partial charge in [-0.3, -0.25) is 14.5 Å². The molecule has 2 aromatic rings. The van der Waals surface area contributed by atoms with Gasteiger partial charge in [0.05, 0.1) is 4.91 Å². The van der Waals surface area contributed by atoms with E-state index in [9.17, 15) is 9.59 Å². The molecule has 1 heterocycles. The number of thioether (sulfide) groups is 1. The highest BCUT2D eigenvalue weighted by Crippen LogP contribution is 2.33. The summed E-state index contributed by atoms with van der Waals surface area (Å²) in [5.74, 6) is 0.107. The molecular weight excluding hydrogens is 484 g/mol. The van der Waals surface area contributed by atoms with Crippen LogP contribution in [0.1, 0.15) is 57.6 Å². The fourth-order valence-corrected chi connectivity index (χ4v) is 5.16. The van der Waals surface area contributed by atoms with Crippen molar-refractivity contribution in [1.29, 1.82) is 0 Å². The standard InChI is InChI=1S/C27H31ClN2O2S2/c1-27(2,3)30(19-21-10-6-4-7-11-21)24(31)12-8-5-9-17-29-25(32)23(34-26(29)33)18-20-13-15-22(28)16-14-20/h4,6-7,10-11,13-16,18H,5,8-9,12,17,19H2,1-3H3. The smallest absolute Gasteiger partial charge is 0.266 e. The lowest BCUT2D eigenvalue weighted by Gasteiger charge is -2.36. The van der Waals surface area contributed by atoms with Crippen molar-refractivity contribution < 1.29 is 9.59 Å². The zero-order valence-electron chi connectivity index (χ0n) is 19.9. The summed E-state index contributed by atoms with van der Waals surface area (Å²) in [6.45, 7) is 7.39. The van der Waals surface area contributed by atoms with Gasteiger partial charge in [-0.15, -0.1) is 0 Å². The van der Waals surface area contributed by atoms with Gasteiger partial charge in [-0.1, -0.05) is 84.5 Å². The molecule has 7 heteroatoms. The normalized spacial score (nSPS) is 15.3. The lowest BCUT2D eigenvalue weighted by molar-refractivity contribution is -0.137. The van der Waals surface area contributed by atoms with Crippen molar-refractivity contribution in [1.82, 2.24) is 9.80 Å². The van der Waals surface area contributed by atoms with Crippen LogP contribution in [0, 0.1) is 0 Å². The fourth-order valence-electron chi connectivity index (χ4n) is 3.73. The predicted molar refractivity (Wildman–Crippen MR) is 147 cm³/mol. The molecule has 2 aromatic carbocycles. The molecular formula is C27H31ClN2O2S2. The first-order chi connectivity index (χ1) is 16.1. The van der Waals surface area contributed by atoms with E-state index in [0.717, 1.165) is 30.4 Å². The summed E-state index contributed by atoms with van der Waals surface area (Å²) in [7, 11) is 0. The number of thiocarbonyl (C=S) groups is 1. The molecule has 180 valence electrons. The Balaban J connectivity index is 1.47. The lowest BCUT2D eigenvalue weighted by Crippen LogP contribution is -2.45. The highest BCUT2D eigenvalue weighted by Gasteiger charge is 2.31. The number of benzene rings is 2. The number of nitrogens with zero attached hydrogens (tertiary/aromatic N) is 2. The highest BCUT2D eigenvalue weighted by atomic mass is 35.5. The molecule has 0 bridgehead atoms. The van der Waals surface area contributed by atoms with E-state index >= 15 is 0 Å². The van der Waals surface area contributed by atoms with Crippen LogP contribution in [-0.4, -0.2) is 38.0 Å². The second kappa shape index (κ2) is 12.0. The minimum atomic E-state index is -0.245. The van der Waals surface area contributed by atoms with Crippen LogP contribution in [0.3, 0.4) is 0 Å². The summed E-state index contributed by atoms with van der Waals surface area (Å²) in [4.78, 5) is 30.0. The van der Waals surface area contributed by atoms with Gasteiger partial charge in [-0.25, -0.2) is 0 Å². The molecule has 0 aromatic heterocycles. The third kappa shape index (κ3) is 7.42. The molecule has 2 amide bonds. The maximum absolute atomic E-state index is 13.0. The number of carbonyl (C=O) groups is 2. The predicted octanol–water partition coefficient (Wildman–Crippen LogP) is 6.93. The van der Waals surface area contributed by atoms with Gasteiger partial charge in [0, 0.05) is 30.1 Å². The van der Waals surface area contributed by atoms with E-state index in [0.29, 0.717) is 33.8 Å². The third-order valence-corrected chi connectivity index (χ3v) is 7.24. The molecule has 0 saturated carbocycles. The Bertz CT molecular complexity index is 1050. The van der Waals surface area contributed by atoms with Crippen molar-refractivity contribution in [2.75, 3.05) is 6.54 Å². The molecule has 0 aliphatic carbocycles. The van der Waals surface area contributed by atoms with Crippen LogP contribution in [-0.2, 0) is 16.1 Å². The molecule has 1 fully saturated rings. The second-order valence-corrected chi connectivity index (χ2v) is 11.4. The molecule has 1 aliphatic heterocycles. The van der Waals surface area contributed by atoms with Crippen molar-refractivity contribution in [3.8, 4) is 0 Å². The summed E-state index contributed by atoms with van der Waals surface area (Å²) >= 11 is 12.7. The summed E-state index contributed by atoms with van der Waals surface area (Å²) in [6.07, 6.45) is 4.81. The maximum atomic E-state index is 13.0. The van der Waals surface area contributed by atoms with Gasteiger partial charge in [0.25, 0.3) is 5.91 Å². The van der Waals surface area contributed by atoms with Gasteiger partial charge in [-0.05, 0) is 62.9 Å². The van der Waals surface area contributed by atoms with Gasteiger partial charge in [-0.2, -0.15) is 0 Å². The SMILES string of the molecule is CC(C)(C)N(Cc1ccccc1)C(=O)CCCCCN1C(=O)C(=Cc2ccc(Cl)cc2)SC1=S. The molecule has 0 radical (unpaired) electrons. The molecule has 0 N–H and O–H groups in total. The van der Waals surface area contributed by atoms with E-state index in [-0.39, 0.29) is 17.4 Å². The fraction of sp³-hybridized carbons (Fsp3) is 0.370. The Morgan fingerprint density at radius 2 is 1.74 bits per heavy atom. The van der Waals surface area contributed by atoms with Crippen molar-refractivity contribution in [2.45, 2.75) is 58.5 Å². The average molecular weight is 515 g/mol. The summed E-state index contributed by atoms with van der Waals surface area (Å²) in [6, 6.07) is 17.4. The first-order valence-electron chi connectivity index (χ1n) is 11.5. The Kier molecular flexibility index (Phi) is 9.34. The third-order valence-electron chi connectivity index (χ3n) is 5.61. The van der Waals surface area contributed by atoms with Gasteiger partial charge >= 0.3 is 0 Å². The Morgan fingerprint density at radius 1 is 1.06 bits per heavy atom. The lowest BCUT2D eigenvalue weighted by atomic mass is 10.0. The monoisotopic (exact) mass is 514 g/mol. The molecule has 0 spiro atoms. The second-order valence-electron chi connectivity index (χ2n) is 9.33. The van der Waals surface area contributed by atoms with Crippen LogP contribution >= 0.6 is 35.6 Å². The topological polar surface area (TPSA) is 40.6 Å². The van der Waals surface area contributed by atoms with Gasteiger partial charge in [0.15, 0.2) is 0 Å². The summed E-state index contributed by atoms with van der Waals surface area (Å²) < 4.78 is 0.586. The minimum absolute atomic E-state index is 0.0530. The van der Waals surface area contributed by atoms with Crippen molar-refractivity contribution in [2.24, 2.45) is 0 Å². The van der Waals surface area contributed by atoms with Gasteiger partial charge in [0.2, 0.25) is 5.91 Å². The van der Waals surface area contributed by atoms with Gasteiger partial charge < -0.3 is 4.90 Å². The van der Waals surface area contributed by atoms with Crippen molar-refractivity contribution in [3.05, 3.63) is 75.7 Å². The molecule has 3 rings (SSSR count). The van der Waals surface area contributed by atoms with E-state index < -0.39 is 0 Å². The molecule has 1 aliphatic rings. The number of hydrogen-bond donors (Lipinski definition) is 0. The summed E-state index contributed by atoms with van der Waals surface area (Å²) in [5.41, 5.74) is 1.81. The zero-order valence-corrected chi connectivity index (χ0v) is 22.3. The van der Waals surface area contributed by atoms with Crippen LogP contribution in [0.15, 0.2) is 59.5 Å². The maximum Gasteiger partial charge on any atom is 0.266 e. The number of unbranched alkanes of at least 4 members (excludes halogenated alkanes) is 2. The van der Waals surface area contributed by atoms with Crippen LogP contribution < -0.4 is 0 Å². The van der Waals surface area contributed by atoms with Crippen LogP contribution in [0.2, 0.25) is 5.02 Å². The number of rotatable bonds is 9.